The van der Waals surface area contributed by atoms with Crippen LogP contribution in [0.15, 0.2) is 24.3 Å². The third kappa shape index (κ3) is 3.76. The summed E-state index contributed by atoms with van der Waals surface area (Å²) >= 11 is 0. The Morgan fingerprint density at radius 1 is 1.20 bits per heavy atom. The van der Waals surface area contributed by atoms with Gasteiger partial charge in [0.15, 0.2) is 0 Å². The highest BCUT2D eigenvalue weighted by Crippen LogP contribution is 2.12. The van der Waals surface area contributed by atoms with Crippen molar-refractivity contribution in [3.05, 3.63) is 35.6 Å². The molecule has 0 amide bonds. The minimum atomic E-state index is -0.326. The van der Waals surface area contributed by atoms with E-state index in [4.69, 9.17) is 5.73 Å². The lowest BCUT2D eigenvalue weighted by Crippen LogP contribution is -2.45. The lowest BCUT2D eigenvalue weighted by molar-refractivity contribution is 0.547. The van der Waals surface area contributed by atoms with Crippen molar-refractivity contribution in [3.8, 4) is 0 Å². The minimum absolute atomic E-state index is 0.0778. The average molecular weight is 225 g/mol. The molecule has 0 aromatic heterocycles. The smallest absolute Gasteiger partial charge is 0.123 e. The van der Waals surface area contributed by atoms with Crippen LogP contribution in [-0.2, 0) is 6.04 Å². The van der Waals surface area contributed by atoms with Gasteiger partial charge in [-0.3, -0.25) is 0 Å². The van der Waals surface area contributed by atoms with Gasteiger partial charge in [-0.25, -0.2) is 4.39 Å². The van der Waals surface area contributed by atoms with Gasteiger partial charge in [0.05, 0.1) is 0 Å². The third-order valence-electron chi connectivity index (χ3n) is 3.23. The Bertz CT molecular complexity index is 293. The minimum Gasteiger partial charge on any atom is -0.328 e. The summed E-state index contributed by atoms with van der Waals surface area (Å²) in [5, 5.41) is 0.0778. The predicted octanol–water partition coefficient (Wildman–Crippen LogP) is 1.97. The molecule has 3 heteroatoms. The van der Waals surface area contributed by atoms with Gasteiger partial charge in [-0.1, -0.05) is 31.5 Å². The summed E-state index contributed by atoms with van der Waals surface area (Å²) in [6.45, 7) is 4.31. The first-order valence-corrected chi connectivity index (χ1v) is 7.33. The molecule has 0 heterocycles. The average Bonchev–Trinajstić information content (AvgIpc) is 2.28. The molecule has 0 saturated heterocycles. The molecule has 15 heavy (non-hydrogen) atoms. The Labute approximate surface area is 93.7 Å². The normalized spacial score (nSPS) is 12.5. The molecule has 0 aliphatic carbocycles. The van der Waals surface area contributed by atoms with Crippen molar-refractivity contribution in [2.24, 2.45) is 5.73 Å². The molecule has 2 N–H and O–H groups in total. The molecule has 1 aromatic rings. The molecule has 0 spiro atoms. The zero-order chi connectivity index (χ0) is 11.3. The number of benzene rings is 1. The zero-order valence-corrected chi connectivity index (χ0v) is 11.0. The van der Waals surface area contributed by atoms with Crippen LogP contribution in [0.5, 0.6) is 0 Å². The lowest BCUT2D eigenvalue weighted by Gasteiger charge is -2.26. The lowest BCUT2D eigenvalue weighted by atomic mass is 10.2. The summed E-state index contributed by atoms with van der Waals surface area (Å²) in [4.78, 5) is 0. The predicted molar refractivity (Wildman–Crippen MR) is 66.1 cm³/mol. The molecular weight excluding hydrogens is 205 g/mol. The molecule has 0 aliphatic heterocycles. The summed E-state index contributed by atoms with van der Waals surface area (Å²) in [7, 11) is -0.326. The zero-order valence-electron chi connectivity index (χ0n) is 9.59. The molecular formula is C12H20FNSi. The third-order valence-corrected chi connectivity index (χ3v) is 6.06. The van der Waals surface area contributed by atoms with E-state index in [0.717, 1.165) is 18.9 Å². The second kappa shape index (κ2) is 5.42. The van der Waals surface area contributed by atoms with Gasteiger partial charge in [0, 0.05) is 14.7 Å². The molecule has 0 atom stereocenters. The summed E-state index contributed by atoms with van der Waals surface area (Å²) in [5.41, 5.74) is 7.48. The topological polar surface area (TPSA) is 26.0 Å². The van der Waals surface area contributed by atoms with E-state index in [1.807, 2.05) is 12.1 Å². The number of hydrogen-bond acceptors (Lipinski definition) is 1. The highest BCUT2D eigenvalue weighted by molar-refractivity contribution is 6.39. The fraction of sp³-hybridized carbons (Fsp3) is 0.500. The summed E-state index contributed by atoms with van der Waals surface area (Å²) in [6, 6.07) is 7.86. The van der Waals surface area contributed by atoms with E-state index in [0.29, 0.717) is 0 Å². The first-order valence-electron chi connectivity index (χ1n) is 5.63. The van der Waals surface area contributed by atoms with Gasteiger partial charge in [0.2, 0.25) is 0 Å². The van der Waals surface area contributed by atoms with Crippen LogP contribution in [0.3, 0.4) is 0 Å². The maximum atomic E-state index is 12.7. The van der Waals surface area contributed by atoms with E-state index >= 15 is 0 Å². The molecule has 0 aliphatic rings. The van der Waals surface area contributed by atoms with E-state index in [1.165, 1.54) is 17.7 Å². The maximum Gasteiger partial charge on any atom is 0.123 e. The van der Waals surface area contributed by atoms with Crippen molar-refractivity contribution < 1.29 is 4.39 Å². The van der Waals surface area contributed by atoms with Crippen molar-refractivity contribution in [1.29, 1.82) is 0 Å². The van der Waals surface area contributed by atoms with Gasteiger partial charge in [-0.15, -0.1) is 0 Å². The second-order valence-corrected chi connectivity index (χ2v) is 6.60. The Hall–Kier alpha value is -0.673. The van der Waals surface area contributed by atoms with Crippen LogP contribution in [-0.4, -0.2) is 14.7 Å². The monoisotopic (exact) mass is 225 g/mol. The SMILES string of the molecule is CCC(N)(CC)[SiH2]Cc1ccc(F)cc1. The molecule has 84 valence electrons. The molecule has 0 bridgehead atoms. The largest absolute Gasteiger partial charge is 0.328 e. The molecule has 0 unspecified atom stereocenters. The quantitative estimate of drug-likeness (QED) is 0.762. The molecule has 1 rings (SSSR count). The number of hydrogen-bond donors (Lipinski definition) is 1. The van der Waals surface area contributed by atoms with Crippen LogP contribution in [0.25, 0.3) is 0 Å². The van der Waals surface area contributed by atoms with Crippen molar-refractivity contribution >= 4 is 9.52 Å². The van der Waals surface area contributed by atoms with Crippen LogP contribution in [0.2, 0.25) is 0 Å². The van der Waals surface area contributed by atoms with Gasteiger partial charge < -0.3 is 5.73 Å². The summed E-state index contributed by atoms with van der Waals surface area (Å²) < 4.78 is 12.7. The highest BCUT2D eigenvalue weighted by Gasteiger charge is 2.19. The Morgan fingerprint density at radius 2 is 1.73 bits per heavy atom. The van der Waals surface area contributed by atoms with Crippen molar-refractivity contribution in [2.45, 2.75) is 37.9 Å². The molecule has 0 radical (unpaired) electrons. The van der Waals surface area contributed by atoms with E-state index < -0.39 is 0 Å². The van der Waals surface area contributed by atoms with Crippen LogP contribution in [0.4, 0.5) is 4.39 Å². The van der Waals surface area contributed by atoms with E-state index in [2.05, 4.69) is 13.8 Å². The Balaban J connectivity index is 2.53. The van der Waals surface area contributed by atoms with Crippen LogP contribution < -0.4 is 5.73 Å². The van der Waals surface area contributed by atoms with E-state index in [1.54, 1.807) is 0 Å². The first kappa shape index (κ1) is 12.4. The Kier molecular flexibility index (Phi) is 4.48. The highest BCUT2D eigenvalue weighted by atomic mass is 28.2. The maximum absolute atomic E-state index is 12.7. The fourth-order valence-corrected chi connectivity index (χ4v) is 3.47. The van der Waals surface area contributed by atoms with E-state index in [9.17, 15) is 4.39 Å². The van der Waals surface area contributed by atoms with Crippen LogP contribution >= 0.6 is 0 Å². The van der Waals surface area contributed by atoms with Gasteiger partial charge in [-0.05, 0) is 31.0 Å². The summed E-state index contributed by atoms with van der Waals surface area (Å²) in [6.07, 6.45) is 2.10. The number of nitrogens with two attached hydrogens (primary N) is 1. The first-order chi connectivity index (χ1) is 7.09. The van der Waals surface area contributed by atoms with Crippen molar-refractivity contribution in [3.63, 3.8) is 0 Å². The summed E-state index contributed by atoms with van der Waals surface area (Å²) in [5.74, 6) is -0.162. The van der Waals surface area contributed by atoms with E-state index in [-0.39, 0.29) is 20.5 Å². The van der Waals surface area contributed by atoms with Crippen molar-refractivity contribution in [2.75, 3.05) is 0 Å². The molecule has 1 nitrogen and oxygen atoms in total. The molecule has 1 aromatic carbocycles. The number of rotatable bonds is 5. The van der Waals surface area contributed by atoms with Gasteiger partial charge in [0.1, 0.15) is 5.82 Å². The van der Waals surface area contributed by atoms with Gasteiger partial charge in [-0.2, -0.15) is 0 Å². The molecule has 0 saturated carbocycles. The second-order valence-electron chi connectivity index (χ2n) is 4.20. The fourth-order valence-electron chi connectivity index (χ4n) is 1.65. The van der Waals surface area contributed by atoms with Crippen LogP contribution in [0.1, 0.15) is 32.3 Å². The van der Waals surface area contributed by atoms with Gasteiger partial charge >= 0.3 is 0 Å². The standard InChI is InChI=1S/C12H20FNSi/c1-3-12(14,4-2)15-9-10-5-7-11(13)8-6-10/h5-8H,3-4,9,14-15H2,1-2H3. The van der Waals surface area contributed by atoms with Crippen LogP contribution in [0, 0.1) is 5.82 Å². The van der Waals surface area contributed by atoms with Gasteiger partial charge in [0.25, 0.3) is 0 Å². The van der Waals surface area contributed by atoms with Crippen molar-refractivity contribution in [1.82, 2.24) is 0 Å². The Morgan fingerprint density at radius 3 is 2.20 bits per heavy atom. The molecule has 0 fully saturated rings. The number of halogens is 1.